The van der Waals surface area contributed by atoms with Crippen LogP contribution < -0.4 is 10.2 Å². The largest absolute Gasteiger partial charge is 0.368 e. The van der Waals surface area contributed by atoms with Crippen molar-refractivity contribution in [1.82, 2.24) is 5.32 Å². The van der Waals surface area contributed by atoms with Gasteiger partial charge in [0.05, 0.1) is 21.6 Å². The molecule has 1 aliphatic carbocycles. The van der Waals surface area contributed by atoms with Gasteiger partial charge in [0.25, 0.3) is 0 Å². The van der Waals surface area contributed by atoms with E-state index in [1.165, 1.54) is 23.3 Å². The van der Waals surface area contributed by atoms with Crippen molar-refractivity contribution in [2.45, 2.75) is 32.0 Å². The van der Waals surface area contributed by atoms with Crippen molar-refractivity contribution in [1.29, 1.82) is 0 Å². The van der Waals surface area contributed by atoms with Crippen LogP contribution in [0.3, 0.4) is 0 Å². The number of hydrogen-bond donors (Lipinski definition) is 1. The summed E-state index contributed by atoms with van der Waals surface area (Å²) in [6, 6.07) is 10.8. The zero-order chi connectivity index (χ0) is 14.8. The second kappa shape index (κ2) is 6.57. The molecular weight excluding hydrogens is 323 g/mol. The Morgan fingerprint density at radius 3 is 2.71 bits per heavy atom. The Bertz CT molecular complexity index is 622. The Balaban J connectivity index is 1.77. The molecule has 1 fully saturated rings. The normalized spacial score (nSPS) is 14.4. The maximum absolute atomic E-state index is 6.43. The Morgan fingerprint density at radius 1 is 1.24 bits per heavy atom. The molecule has 2 nitrogen and oxygen atoms in total. The van der Waals surface area contributed by atoms with E-state index in [9.17, 15) is 0 Å². The van der Waals surface area contributed by atoms with E-state index in [4.69, 9.17) is 23.2 Å². The van der Waals surface area contributed by atoms with Gasteiger partial charge in [0.1, 0.15) is 0 Å². The molecule has 112 valence electrons. The number of rotatable bonds is 6. The molecule has 5 heteroatoms. The molecule has 1 saturated carbocycles. The van der Waals surface area contributed by atoms with E-state index in [0.717, 1.165) is 28.1 Å². The van der Waals surface area contributed by atoms with Crippen LogP contribution in [0.25, 0.3) is 0 Å². The van der Waals surface area contributed by atoms with Gasteiger partial charge in [-0.2, -0.15) is 0 Å². The molecule has 1 aromatic carbocycles. The summed E-state index contributed by atoms with van der Waals surface area (Å²) in [6.07, 6.45) is 2.58. The Morgan fingerprint density at radius 2 is 2.05 bits per heavy atom. The first-order valence-electron chi connectivity index (χ1n) is 7.09. The van der Waals surface area contributed by atoms with Crippen molar-refractivity contribution >= 4 is 40.2 Å². The summed E-state index contributed by atoms with van der Waals surface area (Å²) in [7, 11) is 2.08. The molecule has 1 aliphatic rings. The monoisotopic (exact) mass is 340 g/mol. The molecule has 0 saturated heterocycles. The lowest BCUT2D eigenvalue weighted by Crippen LogP contribution is -2.21. The highest BCUT2D eigenvalue weighted by molar-refractivity contribution is 7.16. The summed E-state index contributed by atoms with van der Waals surface area (Å²) in [4.78, 5) is 3.44. The van der Waals surface area contributed by atoms with Crippen LogP contribution in [-0.2, 0) is 13.1 Å². The van der Waals surface area contributed by atoms with E-state index < -0.39 is 0 Å². The molecule has 0 bridgehead atoms. The van der Waals surface area contributed by atoms with Crippen LogP contribution in [0, 0.1) is 0 Å². The van der Waals surface area contributed by atoms with Crippen LogP contribution in [-0.4, -0.2) is 13.1 Å². The van der Waals surface area contributed by atoms with Crippen molar-refractivity contribution in [3.05, 3.63) is 50.1 Å². The fraction of sp³-hybridized carbons (Fsp3) is 0.375. The van der Waals surface area contributed by atoms with Crippen LogP contribution in [0.4, 0.5) is 5.69 Å². The van der Waals surface area contributed by atoms with Gasteiger partial charge in [-0.05, 0) is 36.6 Å². The number of anilines is 1. The molecule has 2 aromatic rings. The summed E-state index contributed by atoms with van der Waals surface area (Å²) in [5, 5.41) is 4.36. The van der Waals surface area contributed by atoms with E-state index >= 15 is 0 Å². The minimum atomic E-state index is 0.693. The van der Waals surface area contributed by atoms with Gasteiger partial charge >= 0.3 is 0 Å². The van der Waals surface area contributed by atoms with E-state index in [-0.39, 0.29) is 0 Å². The molecule has 0 atom stereocenters. The van der Waals surface area contributed by atoms with Gasteiger partial charge in [-0.25, -0.2) is 0 Å². The molecular formula is C16H18Cl2N2S. The van der Waals surface area contributed by atoms with Crippen molar-refractivity contribution in [2.24, 2.45) is 0 Å². The number of nitrogens with one attached hydrogen (secondary N) is 1. The highest BCUT2D eigenvalue weighted by atomic mass is 35.5. The fourth-order valence-electron chi connectivity index (χ4n) is 2.42. The third-order valence-electron chi connectivity index (χ3n) is 3.63. The minimum Gasteiger partial charge on any atom is -0.368 e. The Labute approximate surface area is 139 Å². The van der Waals surface area contributed by atoms with Gasteiger partial charge in [-0.3, -0.25) is 0 Å². The number of thiophene rings is 1. The lowest BCUT2D eigenvalue weighted by atomic mass is 10.1. The maximum atomic E-state index is 6.43. The van der Waals surface area contributed by atoms with Crippen LogP contribution >= 0.6 is 34.5 Å². The quantitative estimate of drug-likeness (QED) is 0.800. The first-order chi connectivity index (χ1) is 10.1. The van der Waals surface area contributed by atoms with Gasteiger partial charge in [-0.15, -0.1) is 11.3 Å². The van der Waals surface area contributed by atoms with E-state index in [1.54, 1.807) is 11.3 Å². The molecule has 0 amide bonds. The lowest BCUT2D eigenvalue weighted by molar-refractivity contribution is 0.685. The van der Waals surface area contributed by atoms with Crippen molar-refractivity contribution in [3.63, 3.8) is 0 Å². The predicted octanol–water partition coefficient (Wildman–Crippen LogP) is 4.94. The molecule has 3 rings (SSSR count). The van der Waals surface area contributed by atoms with E-state index in [1.807, 2.05) is 18.2 Å². The number of halogens is 2. The van der Waals surface area contributed by atoms with Gasteiger partial charge in [0.15, 0.2) is 0 Å². The van der Waals surface area contributed by atoms with Crippen molar-refractivity contribution in [2.75, 3.05) is 11.9 Å². The average molecular weight is 341 g/mol. The second-order valence-corrected chi connectivity index (χ2v) is 7.67. The molecule has 1 N–H and O–H groups in total. The van der Waals surface area contributed by atoms with Gasteiger partial charge < -0.3 is 10.2 Å². The summed E-state index contributed by atoms with van der Waals surface area (Å²) in [5.74, 6) is 0. The SMILES string of the molecule is CN(Cc1ccc(Cl)s1)c1c(Cl)cccc1CNC1CC1. The third kappa shape index (κ3) is 3.92. The Hall–Kier alpha value is -0.740. The average Bonchev–Trinajstić information content (AvgIpc) is 3.19. The highest BCUT2D eigenvalue weighted by Gasteiger charge is 2.21. The van der Waals surface area contributed by atoms with Crippen molar-refractivity contribution < 1.29 is 0 Å². The van der Waals surface area contributed by atoms with Crippen LogP contribution in [0.5, 0.6) is 0 Å². The van der Waals surface area contributed by atoms with Crippen LogP contribution in [0.15, 0.2) is 30.3 Å². The third-order valence-corrected chi connectivity index (χ3v) is 5.15. The Kier molecular flexibility index (Phi) is 4.75. The van der Waals surface area contributed by atoms with E-state index in [0.29, 0.717) is 6.04 Å². The number of para-hydroxylation sites is 1. The van der Waals surface area contributed by atoms with Gasteiger partial charge in [0, 0.05) is 24.5 Å². The van der Waals surface area contributed by atoms with Crippen molar-refractivity contribution in [3.8, 4) is 0 Å². The molecule has 0 radical (unpaired) electrons. The summed E-state index contributed by atoms with van der Waals surface area (Å²) in [6.45, 7) is 1.69. The van der Waals surface area contributed by atoms with E-state index in [2.05, 4.69) is 29.4 Å². The standard InChI is InChI=1S/C16H18Cl2N2S/c1-20(10-13-7-8-15(18)21-13)16-11(3-2-4-14(16)17)9-19-12-5-6-12/h2-4,7-8,12,19H,5-6,9-10H2,1H3. The smallest absolute Gasteiger partial charge is 0.0931 e. The number of benzene rings is 1. The highest BCUT2D eigenvalue weighted by Crippen LogP contribution is 2.32. The predicted molar refractivity (Wildman–Crippen MR) is 92.7 cm³/mol. The number of nitrogens with zero attached hydrogens (tertiary/aromatic N) is 1. The molecule has 1 heterocycles. The second-order valence-electron chi connectivity index (χ2n) is 5.46. The van der Waals surface area contributed by atoms with Gasteiger partial charge in [-0.1, -0.05) is 35.3 Å². The first-order valence-corrected chi connectivity index (χ1v) is 8.67. The first kappa shape index (κ1) is 15.2. The maximum Gasteiger partial charge on any atom is 0.0931 e. The summed E-state index contributed by atoms with van der Waals surface area (Å²) in [5.41, 5.74) is 2.36. The zero-order valence-corrected chi connectivity index (χ0v) is 14.2. The molecule has 1 aromatic heterocycles. The molecule has 0 unspecified atom stereocenters. The summed E-state index contributed by atoms with van der Waals surface area (Å²) < 4.78 is 0.827. The fourth-order valence-corrected chi connectivity index (χ4v) is 3.90. The van der Waals surface area contributed by atoms with Crippen LogP contribution in [0.1, 0.15) is 23.3 Å². The minimum absolute atomic E-state index is 0.693. The molecule has 0 aliphatic heterocycles. The zero-order valence-electron chi connectivity index (χ0n) is 11.9. The topological polar surface area (TPSA) is 15.3 Å². The number of hydrogen-bond acceptors (Lipinski definition) is 3. The van der Waals surface area contributed by atoms with Gasteiger partial charge in [0.2, 0.25) is 0 Å². The molecule has 21 heavy (non-hydrogen) atoms. The molecule has 0 spiro atoms. The summed E-state index contributed by atoms with van der Waals surface area (Å²) >= 11 is 14.1. The van der Waals surface area contributed by atoms with Crippen LogP contribution in [0.2, 0.25) is 9.36 Å². The lowest BCUT2D eigenvalue weighted by Gasteiger charge is -2.23.